The molecule has 0 atom stereocenters. The van der Waals surface area contributed by atoms with E-state index in [9.17, 15) is 14.9 Å². The molecule has 0 fully saturated rings. The van der Waals surface area contributed by atoms with Crippen LogP contribution in [0.1, 0.15) is 15.4 Å². The fourth-order valence-corrected chi connectivity index (χ4v) is 2.01. The van der Waals surface area contributed by atoms with Gasteiger partial charge in [0.1, 0.15) is 21.9 Å². The van der Waals surface area contributed by atoms with E-state index in [1.807, 2.05) is 0 Å². The van der Waals surface area contributed by atoms with E-state index >= 15 is 0 Å². The third kappa shape index (κ3) is 3.01. The van der Waals surface area contributed by atoms with E-state index in [4.69, 9.17) is 11.6 Å². The molecule has 1 amide bonds. The van der Waals surface area contributed by atoms with Gasteiger partial charge in [-0.3, -0.25) is 20.2 Å². The molecule has 0 radical (unpaired) electrons. The lowest BCUT2D eigenvalue weighted by molar-refractivity contribution is -0.385. The summed E-state index contributed by atoms with van der Waals surface area (Å²) >= 11 is 6.79. The van der Waals surface area contributed by atoms with E-state index in [0.717, 1.165) is 23.6 Å². The van der Waals surface area contributed by atoms with Crippen LogP contribution in [0.15, 0.2) is 12.3 Å². The molecule has 0 aromatic carbocycles. The molecule has 2 rings (SSSR count). The predicted octanol–water partition coefficient (Wildman–Crippen LogP) is 2.06. The Morgan fingerprint density at radius 2 is 2.26 bits per heavy atom. The number of nitrogens with one attached hydrogen (secondary N) is 1. The number of hydrogen-bond acceptors (Lipinski definition) is 7. The maximum atomic E-state index is 11.9. The van der Waals surface area contributed by atoms with Crippen molar-refractivity contribution in [3.8, 4) is 0 Å². The number of carbonyl (C=O) groups excluding carboxylic acids is 1. The third-order valence-corrected chi connectivity index (χ3v) is 3.00. The zero-order valence-corrected chi connectivity index (χ0v) is 11.0. The minimum absolute atomic E-state index is 0.0100. The first-order chi connectivity index (χ1) is 8.97. The number of pyridine rings is 1. The molecule has 2 aromatic heterocycles. The number of halogens is 1. The van der Waals surface area contributed by atoms with E-state index in [-0.39, 0.29) is 15.8 Å². The number of hydrogen-bond donors (Lipinski definition) is 1. The van der Waals surface area contributed by atoms with Crippen LogP contribution in [0.5, 0.6) is 0 Å². The fourth-order valence-electron chi connectivity index (χ4n) is 1.26. The summed E-state index contributed by atoms with van der Waals surface area (Å²) in [7, 11) is 0. The minimum atomic E-state index is -0.705. The van der Waals surface area contributed by atoms with E-state index in [1.165, 1.54) is 0 Å². The Kier molecular flexibility index (Phi) is 3.67. The van der Waals surface area contributed by atoms with Crippen molar-refractivity contribution in [1.82, 2.24) is 15.2 Å². The van der Waals surface area contributed by atoms with E-state index in [0.29, 0.717) is 5.01 Å². The van der Waals surface area contributed by atoms with Crippen LogP contribution in [-0.4, -0.2) is 26.0 Å². The number of aromatic nitrogens is 3. The normalized spacial score (nSPS) is 10.2. The summed E-state index contributed by atoms with van der Waals surface area (Å²) in [5.41, 5.74) is -0.610. The van der Waals surface area contributed by atoms with Gasteiger partial charge in [-0.05, 0) is 13.0 Å². The largest absolute Gasteiger partial charge is 0.300 e. The second kappa shape index (κ2) is 5.24. The van der Waals surface area contributed by atoms with Gasteiger partial charge in [0, 0.05) is 0 Å². The number of nitrogens with zero attached hydrogens (tertiary/aromatic N) is 4. The average molecular weight is 300 g/mol. The van der Waals surface area contributed by atoms with Crippen molar-refractivity contribution in [2.45, 2.75) is 6.92 Å². The van der Waals surface area contributed by atoms with E-state index in [2.05, 4.69) is 20.5 Å². The van der Waals surface area contributed by atoms with Crippen molar-refractivity contribution in [3.05, 3.63) is 38.1 Å². The first kappa shape index (κ1) is 13.3. The van der Waals surface area contributed by atoms with Gasteiger partial charge in [0.05, 0.1) is 4.92 Å². The standard InChI is InChI=1S/C9H6ClN5O3S/c1-4-13-14-9(19-4)12-8(16)5-2-7(10)11-3-6(5)15(17)18/h2-3H,1H3,(H,12,14,16). The maximum Gasteiger partial charge on any atom is 0.300 e. The topological polar surface area (TPSA) is 111 Å². The fraction of sp³-hybridized carbons (Fsp3) is 0.111. The van der Waals surface area contributed by atoms with Crippen molar-refractivity contribution in [2.75, 3.05) is 5.32 Å². The van der Waals surface area contributed by atoms with Gasteiger partial charge in [-0.25, -0.2) is 4.98 Å². The van der Waals surface area contributed by atoms with Crippen molar-refractivity contribution in [2.24, 2.45) is 0 Å². The highest BCUT2D eigenvalue weighted by atomic mass is 35.5. The van der Waals surface area contributed by atoms with Gasteiger partial charge in [-0.15, -0.1) is 10.2 Å². The van der Waals surface area contributed by atoms with Crippen LogP contribution in [-0.2, 0) is 0 Å². The maximum absolute atomic E-state index is 11.9. The van der Waals surface area contributed by atoms with Crippen LogP contribution in [0.2, 0.25) is 5.15 Å². The minimum Gasteiger partial charge on any atom is -0.296 e. The summed E-state index contributed by atoms with van der Waals surface area (Å²) in [4.78, 5) is 25.6. The first-order valence-electron chi connectivity index (χ1n) is 4.89. The molecule has 98 valence electrons. The summed E-state index contributed by atoms with van der Waals surface area (Å²) in [6.45, 7) is 1.72. The van der Waals surface area contributed by atoms with Crippen molar-refractivity contribution >= 4 is 39.7 Å². The zero-order chi connectivity index (χ0) is 14.0. The van der Waals surface area contributed by atoms with Crippen LogP contribution in [0.25, 0.3) is 0 Å². The molecule has 0 bridgehead atoms. The van der Waals surface area contributed by atoms with Gasteiger partial charge < -0.3 is 0 Å². The lowest BCUT2D eigenvalue weighted by Gasteiger charge is -2.02. The van der Waals surface area contributed by atoms with Crippen LogP contribution >= 0.6 is 22.9 Å². The molecule has 10 heteroatoms. The molecule has 8 nitrogen and oxygen atoms in total. The van der Waals surface area contributed by atoms with Crippen molar-refractivity contribution < 1.29 is 9.72 Å². The molecule has 0 saturated carbocycles. The highest BCUT2D eigenvalue weighted by Gasteiger charge is 2.22. The Hall–Kier alpha value is -2.13. The number of carbonyl (C=O) groups is 1. The van der Waals surface area contributed by atoms with E-state index in [1.54, 1.807) is 6.92 Å². The van der Waals surface area contributed by atoms with Gasteiger partial charge in [-0.1, -0.05) is 22.9 Å². The highest BCUT2D eigenvalue weighted by molar-refractivity contribution is 7.15. The molecule has 0 spiro atoms. The molecule has 0 saturated heterocycles. The summed E-state index contributed by atoms with van der Waals surface area (Å²) in [6, 6.07) is 1.13. The van der Waals surface area contributed by atoms with Crippen molar-refractivity contribution in [3.63, 3.8) is 0 Å². The smallest absolute Gasteiger partial charge is 0.296 e. The second-order valence-electron chi connectivity index (χ2n) is 3.36. The van der Waals surface area contributed by atoms with Crippen molar-refractivity contribution in [1.29, 1.82) is 0 Å². The Morgan fingerprint density at radius 3 is 2.84 bits per heavy atom. The number of rotatable bonds is 3. The SMILES string of the molecule is Cc1nnc(NC(=O)c2cc(Cl)ncc2[N+](=O)[O-])s1. The predicted molar refractivity (Wildman–Crippen MR) is 68.5 cm³/mol. The first-order valence-corrected chi connectivity index (χ1v) is 6.08. The number of aryl methyl sites for hydroxylation is 1. The molecule has 0 unspecified atom stereocenters. The van der Waals surface area contributed by atoms with Crippen LogP contribution in [0.4, 0.5) is 10.8 Å². The molecular formula is C9H6ClN5O3S. The van der Waals surface area contributed by atoms with Gasteiger partial charge in [0.25, 0.3) is 11.6 Å². The monoisotopic (exact) mass is 299 g/mol. The van der Waals surface area contributed by atoms with E-state index < -0.39 is 16.5 Å². The van der Waals surface area contributed by atoms with Gasteiger partial charge in [0.2, 0.25) is 5.13 Å². The zero-order valence-electron chi connectivity index (χ0n) is 9.45. The molecular weight excluding hydrogens is 294 g/mol. The van der Waals surface area contributed by atoms with Crippen LogP contribution in [0.3, 0.4) is 0 Å². The third-order valence-electron chi connectivity index (χ3n) is 2.04. The van der Waals surface area contributed by atoms with Crippen LogP contribution < -0.4 is 5.32 Å². The van der Waals surface area contributed by atoms with Gasteiger partial charge in [0.15, 0.2) is 0 Å². The Labute approximate surface area is 115 Å². The second-order valence-corrected chi connectivity index (χ2v) is 4.93. The molecule has 19 heavy (non-hydrogen) atoms. The number of amides is 1. The van der Waals surface area contributed by atoms with Gasteiger partial charge >= 0.3 is 0 Å². The lowest BCUT2D eigenvalue weighted by atomic mass is 10.2. The lowest BCUT2D eigenvalue weighted by Crippen LogP contribution is -2.14. The quantitative estimate of drug-likeness (QED) is 0.527. The van der Waals surface area contributed by atoms with Gasteiger partial charge in [-0.2, -0.15) is 0 Å². The number of nitro groups is 1. The Bertz CT molecular complexity index is 659. The summed E-state index contributed by atoms with van der Waals surface area (Å²) < 4.78 is 0. The molecule has 0 aliphatic heterocycles. The average Bonchev–Trinajstić information content (AvgIpc) is 2.74. The summed E-state index contributed by atoms with van der Waals surface area (Å²) in [6.07, 6.45) is 0.933. The highest BCUT2D eigenvalue weighted by Crippen LogP contribution is 2.22. The summed E-state index contributed by atoms with van der Waals surface area (Å²) in [5, 5.41) is 21.6. The molecule has 0 aliphatic rings. The van der Waals surface area contributed by atoms with Crippen LogP contribution in [0, 0.1) is 17.0 Å². The molecule has 1 N–H and O–H groups in total. The number of anilines is 1. The summed E-state index contributed by atoms with van der Waals surface area (Å²) in [5.74, 6) is -0.688. The Morgan fingerprint density at radius 1 is 1.53 bits per heavy atom. The molecule has 2 heterocycles. The Balaban J connectivity index is 2.32. The molecule has 0 aliphatic carbocycles. The molecule has 2 aromatic rings.